The molecule has 1 amide bonds. The van der Waals surface area contributed by atoms with Crippen LogP contribution in [0.2, 0.25) is 5.02 Å². The molecule has 0 aromatic carbocycles. The molecule has 1 saturated heterocycles. The molecule has 1 fully saturated rings. The minimum Gasteiger partial charge on any atom is -0.384 e. The summed E-state index contributed by atoms with van der Waals surface area (Å²) in [5.74, 6) is -0.286. The lowest BCUT2D eigenvalue weighted by molar-refractivity contribution is -0.133. The largest absolute Gasteiger partial charge is 0.384 e. The summed E-state index contributed by atoms with van der Waals surface area (Å²) in [7, 11) is 1.58. The molecule has 2 aromatic rings. The number of methoxy groups -OCH3 is 1. The molecule has 1 atom stereocenters. The molecule has 3 rings (SSSR count). The molecule has 0 radical (unpaired) electrons. The van der Waals surface area contributed by atoms with Gasteiger partial charge in [-0.25, -0.2) is 14.4 Å². The van der Waals surface area contributed by atoms with Gasteiger partial charge in [-0.1, -0.05) is 18.2 Å². The predicted octanol–water partition coefficient (Wildman–Crippen LogP) is 3.11. The number of allylic oxidation sites excluding steroid dienone is 2. The van der Waals surface area contributed by atoms with Crippen LogP contribution in [0.25, 0.3) is 11.0 Å². The van der Waals surface area contributed by atoms with Gasteiger partial charge in [0.25, 0.3) is 0 Å². The zero-order chi connectivity index (χ0) is 23.1. The number of amidine groups is 1. The molecular formula is C22H28ClFN6O2. The number of pyridine rings is 1. The van der Waals surface area contributed by atoms with Gasteiger partial charge in [0.2, 0.25) is 5.91 Å². The number of nitrogens with two attached hydrogens (primary N) is 1. The highest BCUT2D eigenvalue weighted by Gasteiger charge is 2.23. The van der Waals surface area contributed by atoms with Crippen molar-refractivity contribution in [2.75, 3.05) is 33.4 Å². The van der Waals surface area contributed by atoms with Crippen molar-refractivity contribution in [1.29, 1.82) is 0 Å². The van der Waals surface area contributed by atoms with Gasteiger partial charge in [0.15, 0.2) is 11.6 Å². The molecule has 172 valence electrons. The topological polar surface area (TPSA) is 109 Å². The number of aromatic amines is 1. The maximum absolute atomic E-state index is 14.5. The van der Waals surface area contributed by atoms with Crippen LogP contribution >= 0.6 is 11.6 Å². The van der Waals surface area contributed by atoms with Crippen molar-refractivity contribution in [3.8, 4) is 0 Å². The Morgan fingerprint density at radius 1 is 1.59 bits per heavy atom. The van der Waals surface area contributed by atoms with E-state index in [1.807, 2.05) is 4.90 Å². The zero-order valence-electron chi connectivity index (χ0n) is 18.0. The second-order valence-electron chi connectivity index (χ2n) is 7.62. The average molecular weight is 463 g/mol. The van der Waals surface area contributed by atoms with E-state index in [2.05, 4.69) is 26.9 Å². The molecule has 4 N–H and O–H groups in total. The maximum Gasteiger partial charge on any atom is 0.224 e. The van der Waals surface area contributed by atoms with E-state index in [0.29, 0.717) is 47.7 Å². The van der Waals surface area contributed by atoms with E-state index >= 15 is 0 Å². The number of halogens is 2. The second-order valence-corrected chi connectivity index (χ2v) is 8.06. The normalized spacial score (nSPS) is 17.9. The monoisotopic (exact) mass is 462 g/mol. The number of aliphatic imine (C=N–C) groups is 1. The van der Waals surface area contributed by atoms with Gasteiger partial charge in [-0.2, -0.15) is 0 Å². The first-order valence-electron chi connectivity index (χ1n) is 10.4. The molecule has 0 saturated carbocycles. The van der Waals surface area contributed by atoms with Crippen LogP contribution in [0.4, 0.5) is 4.39 Å². The third kappa shape index (κ3) is 5.86. The van der Waals surface area contributed by atoms with Crippen LogP contribution < -0.4 is 11.1 Å². The first-order valence-corrected chi connectivity index (χ1v) is 10.8. The molecule has 1 aliphatic heterocycles. The molecule has 1 aliphatic rings. The van der Waals surface area contributed by atoms with E-state index in [4.69, 9.17) is 22.1 Å². The minimum absolute atomic E-state index is 0.00956. The number of rotatable bonds is 9. The molecule has 10 heteroatoms. The van der Waals surface area contributed by atoms with E-state index in [1.165, 1.54) is 6.20 Å². The molecular weight excluding hydrogens is 435 g/mol. The fraction of sp³-hybridized carbons (Fsp3) is 0.409. The number of nitrogens with one attached hydrogen (secondary N) is 2. The van der Waals surface area contributed by atoms with Gasteiger partial charge in [0, 0.05) is 50.1 Å². The summed E-state index contributed by atoms with van der Waals surface area (Å²) in [4.78, 5) is 25.6. The van der Waals surface area contributed by atoms with Gasteiger partial charge in [0.1, 0.15) is 11.5 Å². The Morgan fingerprint density at radius 3 is 3.16 bits per heavy atom. The highest BCUT2D eigenvalue weighted by molar-refractivity contribution is 6.31. The number of nitrogens with zero attached hydrogens (tertiary/aromatic N) is 3. The Kier molecular flexibility index (Phi) is 8.24. The zero-order valence-corrected chi connectivity index (χ0v) is 18.8. The van der Waals surface area contributed by atoms with E-state index in [1.54, 1.807) is 19.4 Å². The third-order valence-corrected chi connectivity index (χ3v) is 5.57. The summed E-state index contributed by atoms with van der Waals surface area (Å²) in [6.45, 7) is 5.67. The molecule has 2 aromatic heterocycles. The van der Waals surface area contributed by atoms with Crippen molar-refractivity contribution in [2.24, 2.45) is 16.6 Å². The van der Waals surface area contributed by atoms with Gasteiger partial charge in [0.05, 0.1) is 18.1 Å². The van der Waals surface area contributed by atoms with Crippen LogP contribution in [0, 0.1) is 5.92 Å². The lowest BCUT2D eigenvalue weighted by Gasteiger charge is -2.33. The average Bonchev–Trinajstić information content (AvgIpc) is 3.22. The molecule has 32 heavy (non-hydrogen) atoms. The number of carbonyl (C=O) groups is 1. The minimum atomic E-state index is -0.618. The quantitative estimate of drug-likeness (QED) is 0.301. The second kappa shape index (κ2) is 11.1. The van der Waals surface area contributed by atoms with Gasteiger partial charge >= 0.3 is 0 Å². The van der Waals surface area contributed by atoms with Gasteiger partial charge < -0.3 is 25.7 Å². The molecule has 0 aliphatic carbocycles. The van der Waals surface area contributed by atoms with Gasteiger partial charge in [-0.05, 0) is 30.9 Å². The number of amides is 1. The number of piperidine rings is 1. The number of fused-ring (bicyclic) bond motifs is 1. The van der Waals surface area contributed by atoms with E-state index in [9.17, 15) is 9.18 Å². The highest BCUT2D eigenvalue weighted by Crippen LogP contribution is 2.21. The molecule has 0 unspecified atom stereocenters. The van der Waals surface area contributed by atoms with Crippen LogP contribution in [-0.2, 0) is 9.53 Å². The van der Waals surface area contributed by atoms with Gasteiger partial charge in [-0.15, -0.1) is 0 Å². The SMILES string of the molecule is C=C/C(F)=C(\N=C(/N)c1c[nH]c2ncc(Cl)cc12)NC[C@H]1CCCN(C(=O)CCOC)C1. The fourth-order valence-electron chi connectivity index (χ4n) is 3.69. The Hall–Kier alpha value is -2.91. The summed E-state index contributed by atoms with van der Waals surface area (Å²) < 4.78 is 19.5. The van der Waals surface area contributed by atoms with Crippen molar-refractivity contribution in [1.82, 2.24) is 20.2 Å². The van der Waals surface area contributed by atoms with Crippen LogP contribution in [0.15, 0.2) is 47.8 Å². The molecule has 0 spiro atoms. The first kappa shape index (κ1) is 23.7. The number of H-pyrrole nitrogens is 1. The smallest absolute Gasteiger partial charge is 0.224 e. The number of hydrogen-bond donors (Lipinski definition) is 3. The Balaban J connectivity index is 1.71. The number of carbonyl (C=O) groups excluding carboxylic acids is 1. The number of hydrogen-bond acceptors (Lipinski definition) is 5. The van der Waals surface area contributed by atoms with Crippen molar-refractivity contribution in [3.63, 3.8) is 0 Å². The Labute approximate surface area is 191 Å². The lowest BCUT2D eigenvalue weighted by Crippen LogP contribution is -2.43. The summed E-state index contributed by atoms with van der Waals surface area (Å²) >= 11 is 6.04. The highest BCUT2D eigenvalue weighted by atomic mass is 35.5. The maximum atomic E-state index is 14.5. The van der Waals surface area contributed by atoms with Crippen LogP contribution in [-0.4, -0.2) is 60.0 Å². The standard InChI is InChI=1S/C22H28ClFN6O2/c1-3-18(24)22(26-10-14-5-4-7-30(13-14)19(31)6-8-32-2)29-20(25)17-12-28-21-16(17)9-15(23)11-27-21/h3,9,11-12,14,26H,1,4-8,10,13H2,2H3,(H2,25,29)(H,27,28)/b22-18+/t14-/m1/s1. The van der Waals surface area contributed by atoms with Crippen molar-refractivity contribution in [2.45, 2.75) is 19.3 Å². The van der Waals surface area contributed by atoms with Crippen molar-refractivity contribution >= 4 is 34.4 Å². The predicted molar refractivity (Wildman–Crippen MR) is 124 cm³/mol. The fourth-order valence-corrected chi connectivity index (χ4v) is 3.85. The number of likely N-dealkylation sites (tertiary alicyclic amines) is 1. The number of ether oxygens (including phenoxy) is 1. The summed E-state index contributed by atoms with van der Waals surface area (Å²) in [6, 6.07) is 1.72. The van der Waals surface area contributed by atoms with Crippen LogP contribution in [0.1, 0.15) is 24.8 Å². The van der Waals surface area contributed by atoms with E-state index < -0.39 is 5.83 Å². The Morgan fingerprint density at radius 2 is 2.41 bits per heavy atom. The summed E-state index contributed by atoms with van der Waals surface area (Å²) in [5, 5.41) is 4.19. The van der Waals surface area contributed by atoms with Gasteiger partial charge in [-0.3, -0.25) is 4.79 Å². The molecule has 8 nitrogen and oxygen atoms in total. The van der Waals surface area contributed by atoms with Crippen LogP contribution in [0.3, 0.4) is 0 Å². The van der Waals surface area contributed by atoms with Crippen molar-refractivity contribution in [3.05, 3.63) is 53.3 Å². The van der Waals surface area contributed by atoms with Crippen LogP contribution in [0.5, 0.6) is 0 Å². The van der Waals surface area contributed by atoms with Crippen molar-refractivity contribution < 1.29 is 13.9 Å². The third-order valence-electron chi connectivity index (χ3n) is 5.36. The summed E-state index contributed by atoms with van der Waals surface area (Å²) in [5.41, 5.74) is 7.36. The number of aromatic nitrogens is 2. The molecule has 3 heterocycles. The van der Waals surface area contributed by atoms with E-state index in [0.717, 1.165) is 25.5 Å². The summed E-state index contributed by atoms with van der Waals surface area (Å²) in [6.07, 6.45) is 6.43. The Bertz CT molecular complexity index is 1030. The lowest BCUT2D eigenvalue weighted by atomic mass is 9.97. The van der Waals surface area contributed by atoms with E-state index in [-0.39, 0.29) is 23.5 Å². The molecule has 0 bridgehead atoms. The first-order chi connectivity index (χ1) is 15.4.